The van der Waals surface area contributed by atoms with E-state index in [1.165, 1.54) is 18.2 Å². The Hall–Kier alpha value is -4.93. The van der Waals surface area contributed by atoms with E-state index in [9.17, 15) is 9.18 Å². The summed E-state index contributed by atoms with van der Waals surface area (Å²) in [6, 6.07) is 16.5. The van der Waals surface area contributed by atoms with Crippen LogP contribution in [-0.2, 0) is 16.1 Å². The minimum absolute atomic E-state index is 0.156. The molecule has 8 nitrogen and oxygen atoms in total. The largest absolute Gasteiger partial charge is 0.493 e. The highest BCUT2D eigenvalue weighted by Gasteiger charge is 2.31. The Labute approximate surface area is 269 Å². The predicted octanol–water partition coefficient (Wildman–Crippen LogP) is 6.91. The number of ether oxygens (including phenoxy) is 3. The van der Waals surface area contributed by atoms with Gasteiger partial charge in [0.15, 0.2) is 6.54 Å². The molecule has 7 rings (SSSR count). The molecule has 232 valence electrons. The van der Waals surface area contributed by atoms with Crippen molar-refractivity contribution in [3.05, 3.63) is 96.3 Å². The van der Waals surface area contributed by atoms with Crippen molar-refractivity contribution in [3.8, 4) is 45.3 Å². The first-order valence-electron chi connectivity index (χ1n) is 15.2. The smallest absolute Gasteiger partial charge is 0.411 e. The number of benzene rings is 2. The maximum Gasteiger partial charge on any atom is 0.411 e. The summed E-state index contributed by atoms with van der Waals surface area (Å²) in [6.45, 7) is 8.10. The molecule has 5 aromatic rings. The second-order valence-corrected chi connectivity index (χ2v) is 11.8. The number of hydrogen-bond acceptors (Lipinski definition) is 7. The molecule has 3 aromatic heterocycles. The van der Waals surface area contributed by atoms with Crippen LogP contribution in [0.25, 0.3) is 43.9 Å². The summed E-state index contributed by atoms with van der Waals surface area (Å²) in [6.07, 6.45) is 6.03. The molecule has 10 heteroatoms. The van der Waals surface area contributed by atoms with Crippen LogP contribution in [-0.4, -0.2) is 63.9 Å². The van der Waals surface area contributed by atoms with Crippen LogP contribution in [0.1, 0.15) is 19.0 Å². The van der Waals surface area contributed by atoms with Crippen molar-refractivity contribution in [2.45, 2.75) is 19.9 Å². The molecule has 1 amide bonds. The van der Waals surface area contributed by atoms with Gasteiger partial charge in [0.1, 0.15) is 47.5 Å². The number of hydrogen-bond donors (Lipinski definition) is 0. The predicted molar refractivity (Wildman–Crippen MR) is 177 cm³/mol. The second kappa shape index (κ2) is 12.8. The number of thiophene rings is 1. The van der Waals surface area contributed by atoms with E-state index in [1.54, 1.807) is 22.0 Å². The lowest BCUT2D eigenvalue weighted by Crippen LogP contribution is -2.35. The van der Waals surface area contributed by atoms with Crippen LogP contribution in [0, 0.1) is 5.82 Å². The Morgan fingerprint density at radius 1 is 1.02 bits per heavy atom. The Morgan fingerprint density at radius 3 is 2.78 bits per heavy atom. The summed E-state index contributed by atoms with van der Waals surface area (Å²) in [4.78, 5) is 17.9. The molecule has 2 aliphatic rings. The highest BCUT2D eigenvalue weighted by molar-refractivity contribution is 7.18. The van der Waals surface area contributed by atoms with Crippen molar-refractivity contribution < 1.29 is 28.0 Å². The molecular formula is C36H32FN4O4S+. The van der Waals surface area contributed by atoms with Crippen LogP contribution >= 0.6 is 11.3 Å². The van der Waals surface area contributed by atoms with Gasteiger partial charge in [0, 0.05) is 45.8 Å². The molecule has 2 aliphatic heterocycles. The van der Waals surface area contributed by atoms with E-state index < -0.39 is 5.82 Å². The Bertz CT molecular complexity index is 2040. The zero-order chi connectivity index (χ0) is 31.6. The number of pyridine rings is 1. The zero-order valence-corrected chi connectivity index (χ0v) is 26.2. The van der Waals surface area contributed by atoms with Crippen LogP contribution in [0.2, 0.25) is 0 Å². The third kappa shape index (κ3) is 5.54. The lowest BCUT2D eigenvalue weighted by atomic mass is 9.96. The van der Waals surface area contributed by atoms with E-state index in [4.69, 9.17) is 24.3 Å². The topological polar surface area (TPSA) is 78.5 Å². The Balaban J connectivity index is 1.50. The minimum Gasteiger partial charge on any atom is -0.493 e. The number of amides is 1. The first-order valence-corrected chi connectivity index (χ1v) is 16.1. The van der Waals surface area contributed by atoms with Gasteiger partial charge in [0.25, 0.3) is 0 Å². The van der Waals surface area contributed by atoms with Gasteiger partial charge >= 0.3 is 5.91 Å². The first-order chi connectivity index (χ1) is 22.5. The molecule has 0 aliphatic carbocycles. The zero-order valence-electron chi connectivity index (χ0n) is 25.4. The van der Waals surface area contributed by atoms with Gasteiger partial charge in [-0.25, -0.2) is 14.2 Å². The van der Waals surface area contributed by atoms with Crippen molar-refractivity contribution in [2.75, 3.05) is 33.0 Å². The highest BCUT2D eigenvalue weighted by atomic mass is 32.1. The number of fused-ring (bicyclic) bond motifs is 5. The van der Waals surface area contributed by atoms with Gasteiger partial charge in [-0.15, -0.1) is 11.3 Å². The quantitative estimate of drug-likeness (QED) is 0.119. The highest BCUT2D eigenvalue weighted by Crippen LogP contribution is 2.47. The molecule has 0 radical (unpaired) electrons. The Kier molecular flexibility index (Phi) is 8.30. The number of rotatable bonds is 2. The molecule has 0 saturated carbocycles. The maximum absolute atomic E-state index is 14.7. The van der Waals surface area contributed by atoms with Crippen LogP contribution < -0.4 is 9.47 Å². The second-order valence-electron chi connectivity index (χ2n) is 10.9. The molecule has 0 saturated heterocycles. The fourth-order valence-electron chi connectivity index (χ4n) is 5.94. The third-order valence-corrected chi connectivity index (χ3v) is 9.08. The molecule has 0 N–H and O–H groups in total. The normalized spacial score (nSPS) is 16.0. The van der Waals surface area contributed by atoms with E-state index in [0.717, 1.165) is 44.1 Å². The molecular weight excluding hydrogens is 603 g/mol. The number of halogens is 1. The average molecular weight is 636 g/mol. The van der Waals surface area contributed by atoms with Crippen molar-refractivity contribution in [1.82, 2.24) is 14.8 Å². The van der Waals surface area contributed by atoms with E-state index >= 15 is 0 Å². The van der Waals surface area contributed by atoms with Crippen molar-refractivity contribution in [1.29, 1.82) is 0 Å². The molecule has 0 unspecified atom stereocenters. The van der Waals surface area contributed by atoms with E-state index in [-0.39, 0.29) is 12.5 Å². The molecule has 5 heterocycles. The molecule has 0 atom stereocenters. The summed E-state index contributed by atoms with van der Waals surface area (Å²) in [5, 5.41) is 7.99. The van der Waals surface area contributed by atoms with E-state index in [1.807, 2.05) is 59.5 Å². The lowest BCUT2D eigenvalue weighted by molar-refractivity contribution is -0.448. The van der Waals surface area contributed by atoms with Crippen molar-refractivity contribution >= 4 is 33.0 Å². The van der Waals surface area contributed by atoms with Crippen LogP contribution in [0.5, 0.6) is 11.5 Å². The fraction of sp³-hybridized carbons (Fsp3) is 0.222. The monoisotopic (exact) mass is 635 g/mol. The van der Waals surface area contributed by atoms with E-state index in [0.29, 0.717) is 62.0 Å². The maximum atomic E-state index is 14.7. The SMILES string of the molecule is C=CC(=O)[N+]1=C(C)c2cc(-c3nc4c5ccsc5c3-c3ccc(F)cc3OCCOC/C=C/CCOc3ccccc3-4)nn2CC1. The number of carbonyl (C=O) groups is 1. The van der Waals surface area contributed by atoms with Crippen molar-refractivity contribution in [2.24, 2.45) is 0 Å². The number of nitrogens with zero attached hydrogens (tertiary/aromatic N) is 4. The van der Waals surface area contributed by atoms with Gasteiger partial charge in [-0.1, -0.05) is 30.9 Å². The van der Waals surface area contributed by atoms with Gasteiger partial charge in [-0.05, 0) is 48.2 Å². The summed E-state index contributed by atoms with van der Waals surface area (Å²) in [5.74, 6) is 0.559. The van der Waals surface area contributed by atoms with E-state index in [2.05, 4.69) is 12.6 Å². The van der Waals surface area contributed by atoms with Crippen LogP contribution in [0.3, 0.4) is 0 Å². The summed E-state index contributed by atoms with van der Waals surface area (Å²) < 4.78 is 37.5. The first kappa shape index (κ1) is 29.8. The molecule has 0 fully saturated rings. The van der Waals surface area contributed by atoms with Gasteiger partial charge in [-0.2, -0.15) is 9.67 Å². The lowest BCUT2D eigenvalue weighted by Gasteiger charge is -2.18. The summed E-state index contributed by atoms with van der Waals surface area (Å²) in [7, 11) is 0. The standard InChI is InChI=1S/C36H32FN4O4S/c1-3-32(42)40-14-15-41-29(23(40)2)22-28(39-41)35-33-25-12-11-24(37)21-31(25)45-19-18-43-16-7-4-8-17-44-30-10-6-5-9-26(30)34(38-35)27-13-20-46-36(27)33/h3-7,9-13,20-22H,1,8,14-19H2,2H3/q+1/b7-4+. The molecule has 2 aromatic carbocycles. The molecule has 2 bridgehead atoms. The third-order valence-electron chi connectivity index (χ3n) is 8.15. The van der Waals surface area contributed by atoms with Gasteiger partial charge in [0.05, 0.1) is 25.5 Å². The van der Waals surface area contributed by atoms with Crippen LogP contribution in [0.4, 0.5) is 4.39 Å². The van der Waals surface area contributed by atoms with Gasteiger partial charge in [-0.3, -0.25) is 4.68 Å². The van der Waals surface area contributed by atoms with Gasteiger partial charge in [0.2, 0.25) is 5.71 Å². The Morgan fingerprint density at radius 2 is 1.89 bits per heavy atom. The summed E-state index contributed by atoms with van der Waals surface area (Å²) >= 11 is 1.58. The molecule has 0 spiro atoms. The summed E-state index contributed by atoms with van der Waals surface area (Å²) in [5.41, 5.74) is 5.96. The number of para-hydroxylation sites is 1. The number of aromatic nitrogens is 3. The fourth-order valence-corrected chi connectivity index (χ4v) is 6.90. The van der Waals surface area contributed by atoms with Gasteiger partial charge < -0.3 is 14.2 Å². The van der Waals surface area contributed by atoms with Crippen LogP contribution in [0.15, 0.2) is 84.8 Å². The minimum atomic E-state index is -0.404. The number of carbonyl (C=O) groups excluding carboxylic acids is 1. The molecule has 46 heavy (non-hydrogen) atoms. The van der Waals surface area contributed by atoms with Crippen molar-refractivity contribution in [3.63, 3.8) is 0 Å². The average Bonchev–Trinajstić information content (AvgIpc) is 3.74.